The van der Waals surface area contributed by atoms with E-state index in [1.54, 1.807) is 12.1 Å². The molecule has 0 aliphatic rings. The number of hydrogen-bond donors (Lipinski definition) is 2. The lowest BCUT2D eigenvalue weighted by Crippen LogP contribution is -2.39. The highest BCUT2D eigenvalue weighted by Gasteiger charge is 2.26. The summed E-state index contributed by atoms with van der Waals surface area (Å²) < 4.78 is 62.7. The lowest BCUT2D eigenvalue weighted by atomic mass is 9.77. The molecule has 0 fully saturated rings. The number of carbonyl (C=O) groups is 1. The molecule has 0 aliphatic carbocycles. The zero-order valence-corrected chi connectivity index (χ0v) is 21.6. The van der Waals surface area contributed by atoms with Gasteiger partial charge in [0.1, 0.15) is 5.69 Å². The molecule has 0 radical (unpaired) electrons. The third-order valence-electron chi connectivity index (χ3n) is 5.70. The molecule has 1 aromatic rings. The molecule has 0 aliphatic heterocycles. The number of rotatable bonds is 13. The second-order valence-electron chi connectivity index (χ2n) is 9.14. The maximum Gasteiger partial charge on any atom is 0.272 e. The Kier molecular flexibility index (Phi) is 10.2. The Labute approximate surface area is 197 Å². The molecule has 1 atom stereocenters. The molecule has 188 valence electrons. The first-order valence-corrected chi connectivity index (χ1v) is 14.1. The zero-order chi connectivity index (χ0) is 25.5. The molecule has 0 aromatic carbocycles. The van der Waals surface area contributed by atoms with Gasteiger partial charge in [0, 0.05) is 24.7 Å². The summed E-state index contributed by atoms with van der Waals surface area (Å²) in [5, 5.41) is 0. The van der Waals surface area contributed by atoms with Gasteiger partial charge in [0.2, 0.25) is 0 Å². The normalized spacial score (nSPS) is 14.9. The van der Waals surface area contributed by atoms with E-state index in [2.05, 4.69) is 37.9 Å². The van der Waals surface area contributed by atoms with E-state index in [9.17, 15) is 21.6 Å². The van der Waals surface area contributed by atoms with Gasteiger partial charge in [-0.05, 0) is 36.0 Å². The Hall–Kier alpha value is -1.82. The molecule has 0 saturated heterocycles. The summed E-state index contributed by atoms with van der Waals surface area (Å²) in [6.07, 6.45) is 8.61. The summed E-state index contributed by atoms with van der Waals surface area (Å²) in [7, 11) is -8.77. The molecule has 1 aromatic heterocycles. The number of hydrogen-bond acceptors (Lipinski definition) is 6. The van der Waals surface area contributed by atoms with Gasteiger partial charge in [-0.25, -0.2) is 0 Å². The van der Waals surface area contributed by atoms with Crippen LogP contribution >= 0.6 is 0 Å². The molecule has 1 amide bonds. The summed E-state index contributed by atoms with van der Waals surface area (Å²) in [6.45, 7) is 9.63. The fourth-order valence-electron chi connectivity index (χ4n) is 3.39. The molecule has 1 rings (SSSR count). The van der Waals surface area contributed by atoms with Crippen LogP contribution in [0.2, 0.25) is 0 Å². The van der Waals surface area contributed by atoms with E-state index in [0.717, 1.165) is 29.7 Å². The molecular weight excluding hydrogens is 468 g/mol. The third kappa shape index (κ3) is 10.3. The quantitative estimate of drug-likeness (QED) is 0.308. The van der Waals surface area contributed by atoms with Crippen LogP contribution in [0.3, 0.4) is 0 Å². The number of aromatic nitrogens is 1. The summed E-state index contributed by atoms with van der Waals surface area (Å²) >= 11 is 0. The highest BCUT2D eigenvalue weighted by atomic mass is 32.2. The highest BCUT2D eigenvalue weighted by molar-refractivity contribution is 7.86. The van der Waals surface area contributed by atoms with Crippen LogP contribution in [-0.4, -0.2) is 66.3 Å². The zero-order valence-electron chi connectivity index (χ0n) is 20.0. The maximum absolute atomic E-state index is 13.0. The van der Waals surface area contributed by atoms with Gasteiger partial charge in [0.25, 0.3) is 26.1 Å². The number of amides is 1. The molecule has 1 unspecified atom stereocenters. The Morgan fingerprint density at radius 1 is 1.03 bits per heavy atom. The standard InChI is InChI=1S/C22H36N2O7S2/c1-6-9-21(3,4)10-11-22(5,7-2)18-8-12-23-19(17-18)20(25)24(13-15-32(26,27)28)14-16-33(29,30)31/h8,10-12,17H,6-7,9,13-16H2,1-5H3,(H,26,27,28)(H,29,30,31). The van der Waals surface area contributed by atoms with Gasteiger partial charge in [0.05, 0.1) is 11.5 Å². The van der Waals surface area contributed by atoms with Crippen LogP contribution in [0.25, 0.3) is 0 Å². The summed E-state index contributed by atoms with van der Waals surface area (Å²) in [6, 6.07) is 3.41. The fraction of sp³-hybridized carbons (Fsp3) is 0.636. The van der Waals surface area contributed by atoms with E-state index >= 15 is 0 Å². The van der Waals surface area contributed by atoms with Gasteiger partial charge < -0.3 is 4.90 Å². The molecule has 11 heteroatoms. The minimum atomic E-state index is -4.39. The molecule has 0 spiro atoms. The van der Waals surface area contributed by atoms with Crippen LogP contribution in [0.15, 0.2) is 30.5 Å². The van der Waals surface area contributed by atoms with E-state index in [4.69, 9.17) is 9.11 Å². The lowest BCUT2D eigenvalue weighted by molar-refractivity contribution is 0.0768. The van der Waals surface area contributed by atoms with Crippen molar-refractivity contribution in [3.8, 4) is 0 Å². The lowest BCUT2D eigenvalue weighted by Gasteiger charge is -2.28. The molecule has 1 heterocycles. The number of allylic oxidation sites excluding steroid dienone is 2. The molecule has 33 heavy (non-hydrogen) atoms. The third-order valence-corrected chi connectivity index (χ3v) is 7.09. The van der Waals surface area contributed by atoms with Crippen LogP contribution in [0, 0.1) is 5.41 Å². The average Bonchev–Trinajstić information content (AvgIpc) is 2.70. The van der Waals surface area contributed by atoms with Gasteiger partial charge in [-0.1, -0.05) is 53.2 Å². The van der Waals surface area contributed by atoms with Gasteiger partial charge >= 0.3 is 0 Å². The first-order valence-electron chi connectivity index (χ1n) is 10.9. The first kappa shape index (κ1) is 29.2. The van der Waals surface area contributed by atoms with E-state index < -0.39 is 56.2 Å². The molecular formula is C22H36N2O7S2. The topological polar surface area (TPSA) is 142 Å². The van der Waals surface area contributed by atoms with Gasteiger partial charge in [-0.15, -0.1) is 0 Å². The van der Waals surface area contributed by atoms with E-state index in [0.29, 0.717) is 0 Å². The minimum absolute atomic E-state index is 0.0130. The van der Waals surface area contributed by atoms with Crippen molar-refractivity contribution in [2.24, 2.45) is 5.41 Å². The van der Waals surface area contributed by atoms with Crippen LogP contribution in [0.4, 0.5) is 0 Å². The predicted molar refractivity (Wildman–Crippen MR) is 128 cm³/mol. The van der Waals surface area contributed by atoms with Crippen LogP contribution in [-0.2, 0) is 25.7 Å². The van der Waals surface area contributed by atoms with Crippen molar-refractivity contribution < 1.29 is 30.7 Å². The van der Waals surface area contributed by atoms with Crippen molar-refractivity contribution in [1.29, 1.82) is 0 Å². The van der Waals surface area contributed by atoms with E-state index in [1.807, 2.05) is 13.8 Å². The first-order chi connectivity index (χ1) is 15.0. The van der Waals surface area contributed by atoms with Gasteiger partial charge in [-0.3, -0.25) is 18.9 Å². The van der Waals surface area contributed by atoms with Gasteiger partial charge in [-0.2, -0.15) is 16.8 Å². The average molecular weight is 505 g/mol. The fourth-order valence-corrected chi connectivity index (χ4v) is 4.29. The Morgan fingerprint density at radius 3 is 2.03 bits per heavy atom. The molecule has 0 saturated carbocycles. The smallest absolute Gasteiger partial charge is 0.272 e. The SMILES string of the molecule is CCCC(C)(C)C=CC(C)(CC)c1ccnc(C(=O)N(CCS(=O)(=O)O)CCS(=O)(=O)O)c1. The van der Waals surface area contributed by atoms with E-state index in [1.165, 1.54) is 6.20 Å². The van der Waals surface area contributed by atoms with Crippen LogP contribution < -0.4 is 0 Å². The number of pyridine rings is 1. The molecule has 0 bridgehead atoms. The van der Waals surface area contributed by atoms with Crippen LogP contribution in [0.5, 0.6) is 0 Å². The minimum Gasteiger partial charge on any atom is -0.335 e. The highest BCUT2D eigenvalue weighted by Crippen LogP contribution is 2.33. The van der Waals surface area contributed by atoms with Crippen molar-refractivity contribution in [3.63, 3.8) is 0 Å². The maximum atomic E-state index is 13.0. The van der Waals surface area contributed by atoms with Crippen molar-refractivity contribution in [2.75, 3.05) is 24.6 Å². The van der Waals surface area contributed by atoms with Crippen molar-refractivity contribution in [3.05, 3.63) is 41.7 Å². The summed E-state index contributed by atoms with van der Waals surface area (Å²) in [5.41, 5.74) is 0.464. The van der Waals surface area contributed by atoms with Gasteiger partial charge in [0.15, 0.2) is 0 Å². The largest absolute Gasteiger partial charge is 0.335 e. The summed E-state index contributed by atoms with van der Waals surface area (Å²) in [5.74, 6) is -2.24. The second-order valence-corrected chi connectivity index (χ2v) is 12.3. The van der Waals surface area contributed by atoms with Crippen molar-refractivity contribution in [1.82, 2.24) is 9.88 Å². The van der Waals surface area contributed by atoms with Crippen molar-refractivity contribution in [2.45, 2.75) is 59.3 Å². The van der Waals surface area contributed by atoms with Crippen molar-refractivity contribution >= 4 is 26.1 Å². The number of nitrogens with zero attached hydrogens (tertiary/aromatic N) is 2. The monoisotopic (exact) mass is 504 g/mol. The second kappa shape index (κ2) is 11.5. The Morgan fingerprint density at radius 2 is 1.58 bits per heavy atom. The number of carbonyl (C=O) groups excluding carboxylic acids is 1. The van der Waals surface area contributed by atoms with Crippen LogP contribution in [0.1, 0.15) is 69.9 Å². The Balaban J connectivity index is 3.27. The molecule has 2 N–H and O–H groups in total. The summed E-state index contributed by atoms with van der Waals surface area (Å²) in [4.78, 5) is 18.1. The van der Waals surface area contributed by atoms with E-state index in [-0.39, 0.29) is 11.1 Å². The Bertz CT molecular complexity index is 1010. The molecule has 9 nitrogen and oxygen atoms in total. The predicted octanol–water partition coefficient (Wildman–Crippen LogP) is 3.35.